The number of hydrogen-bond donors (Lipinski definition) is 2. The number of fused-ring (bicyclic) bond motifs is 1. The van der Waals surface area contributed by atoms with Gasteiger partial charge in [-0.1, -0.05) is 18.2 Å². The molecule has 24 heavy (non-hydrogen) atoms. The summed E-state index contributed by atoms with van der Waals surface area (Å²) in [5.41, 5.74) is 1.39. The Morgan fingerprint density at radius 1 is 1.29 bits per heavy atom. The molecule has 0 radical (unpaired) electrons. The van der Waals surface area contributed by atoms with Gasteiger partial charge in [-0.15, -0.1) is 6.58 Å². The molecule has 1 aliphatic heterocycles. The molecule has 0 fully saturated rings. The van der Waals surface area contributed by atoms with E-state index < -0.39 is 6.10 Å². The average molecular weight is 326 g/mol. The summed E-state index contributed by atoms with van der Waals surface area (Å²) in [5, 5.41) is 20.1. The van der Waals surface area contributed by atoms with Gasteiger partial charge in [0.2, 0.25) is 0 Å². The van der Waals surface area contributed by atoms with E-state index in [1.54, 1.807) is 25.3 Å². The molecule has 2 aromatic rings. The Kier molecular flexibility index (Phi) is 4.16. The zero-order valence-electron chi connectivity index (χ0n) is 13.3. The first-order valence-electron chi connectivity index (χ1n) is 7.57. The quantitative estimate of drug-likeness (QED) is 0.841. The molecule has 0 bridgehead atoms. The van der Waals surface area contributed by atoms with Crippen LogP contribution in [0.2, 0.25) is 0 Å². The molecule has 124 valence electrons. The maximum Gasteiger partial charge on any atom is 0.174 e. The van der Waals surface area contributed by atoms with Crippen LogP contribution in [0, 0.1) is 0 Å². The summed E-state index contributed by atoms with van der Waals surface area (Å²) < 4.78 is 11.1. The van der Waals surface area contributed by atoms with Gasteiger partial charge in [-0.25, -0.2) is 0 Å². The zero-order valence-corrected chi connectivity index (χ0v) is 13.3. The summed E-state index contributed by atoms with van der Waals surface area (Å²) in [6, 6.07) is 8.42. The lowest BCUT2D eigenvalue weighted by molar-refractivity contribution is 0.0842. The predicted molar refractivity (Wildman–Crippen MR) is 89.0 cm³/mol. The third-order valence-electron chi connectivity index (χ3n) is 4.09. The van der Waals surface area contributed by atoms with Gasteiger partial charge < -0.3 is 19.7 Å². The van der Waals surface area contributed by atoms with Crippen LogP contribution < -0.4 is 9.47 Å². The highest BCUT2D eigenvalue weighted by atomic mass is 16.5. The first-order valence-corrected chi connectivity index (χ1v) is 7.57. The highest BCUT2D eigenvalue weighted by molar-refractivity contribution is 6.03. The van der Waals surface area contributed by atoms with Gasteiger partial charge in [-0.3, -0.25) is 4.79 Å². The van der Waals surface area contributed by atoms with Crippen LogP contribution in [0.3, 0.4) is 0 Å². The third kappa shape index (κ3) is 2.69. The van der Waals surface area contributed by atoms with Gasteiger partial charge in [0.25, 0.3) is 0 Å². The maximum absolute atomic E-state index is 12.5. The lowest BCUT2D eigenvalue weighted by Gasteiger charge is -2.28. The molecule has 1 aliphatic rings. The first kappa shape index (κ1) is 15.9. The fourth-order valence-corrected chi connectivity index (χ4v) is 2.87. The van der Waals surface area contributed by atoms with Crippen LogP contribution in [0.25, 0.3) is 0 Å². The van der Waals surface area contributed by atoms with E-state index in [0.717, 1.165) is 5.56 Å². The average Bonchev–Trinajstić information content (AvgIpc) is 2.58. The Labute approximate surface area is 139 Å². The van der Waals surface area contributed by atoms with Crippen molar-refractivity contribution in [2.75, 3.05) is 7.11 Å². The molecule has 2 N–H and O–H groups in total. The number of phenols is 2. The smallest absolute Gasteiger partial charge is 0.174 e. The Bertz CT molecular complexity index is 792. The summed E-state index contributed by atoms with van der Waals surface area (Å²) in [6.07, 6.45) is 1.57. The highest BCUT2D eigenvalue weighted by Crippen LogP contribution is 2.45. The minimum atomic E-state index is -0.485. The number of aromatic hydroxyl groups is 2. The van der Waals surface area contributed by atoms with Gasteiger partial charge in [0.1, 0.15) is 34.7 Å². The van der Waals surface area contributed by atoms with E-state index in [2.05, 4.69) is 6.58 Å². The fourth-order valence-electron chi connectivity index (χ4n) is 2.87. The van der Waals surface area contributed by atoms with E-state index in [-0.39, 0.29) is 35.0 Å². The van der Waals surface area contributed by atoms with E-state index in [1.165, 1.54) is 6.07 Å². The van der Waals surface area contributed by atoms with Crippen molar-refractivity contribution in [3.8, 4) is 23.0 Å². The van der Waals surface area contributed by atoms with Gasteiger partial charge in [0.15, 0.2) is 5.78 Å². The van der Waals surface area contributed by atoms with E-state index >= 15 is 0 Å². The number of phenolic OH excluding ortho intramolecular Hbond substituents is 2. The Morgan fingerprint density at radius 2 is 2.00 bits per heavy atom. The van der Waals surface area contributed by atoms with Crippen LogP contribution in [-0.4, -0.2) is 23.1 Å². The standard InChI is InChI=1S/C19H18O5/c1-3-4-13-14(20)9-15(21)18-16(22)10-17(24-19(13)18)11-5-7-12(23-2)8-6-11/h3,5-9,17,20-21H,1,4,10H2,2H3. The molecule has 1 unspecified atom stereocenters. The molecule has 0 aromatic heterocycles. The molecule has 0 saturated carbocycles. The SMILES string of the molecule is C=CCc1c(O)cc(O)c2c1OC(c1ccc(OC)cc1)CC2=O. The molecule has 3 rings (SSSR count). The second-order valence-electron chi connectivity index (χ2n) is 5.60. The van der Waals surface area contributed by atoms with E-state index in [9.17, 15) is 15.0 Å². The van der Waals surface area contributed by atoms with Gasteiger partial charge in [0.05, 0.1) is 13.5 Å². The minimum absolute atomic E-state index is 0.116. The van der Waals surface area contributed by atoms with Crippen LogP contribution in [0.1, 0.15) is 34.0 Å². The number of methoxy groups -OCH3 is 1. The van der Waals surface area contributed by atoms with Crippen LogP contribution in [-0.2, 0) is 6.42 Å². The van der Waals surface area contributed by atoms with Crippen LogP contribution in [0.15, 0.2) is 43.0 Å². The number of rotatable bonds is 4. The molecule has 1 heterocycles. The van der Waals surface area contributed by atoms with Crippen molar-refractivity contribution in [3.05, 3.63) is 59.7 Å². The summed E-state index contributed by atoms with van der Waals surface area (Å²) in [7, 11) is 1.58. The third-order valence-corrected chi connectivity index (χ3v) is 4.09. The number of Topliss-reactive ketones (excluding diaryl/α,β-unsaturated/α-hetero) is 1. The monoisotopic (exact) mass is 326 g/mol. The number of hydrogen-bond acceptors (Lipinski definition) is 5. The van der Waals surface area contributed by atoms with E-state index in [0.29, 0.717) is 17.7 Å². The largest absolute Gasteiger partial charge is 0.507 e. The molecule has 5 nitrogen and oxygen atoms in total. The van der Waals surface area contributed by atoms with Crippen LogP contribution in [0.4, 0.5) is 0 Å². The normalized spacial score (nSPS) is 16.2. The second kappa shape index (κ2) is 6.28. The van der Waals surface area contributed by atoms with Crippen molar-refractivity contribution in [2.45, 2.75) is 18.9 Å². The van der Waals surface area contributed by atoms with Crippen molar-refractivity contribution >= 4 is 5.78 Å². The van der Waals surface area contributed by atoms with Crippen molar-refractivity contribution in [1.29, 1.82) is 0 Å². The number of ether oxygens (including phenoxy) is 2. The lowest BCUT2D eigenvalue weighted by atomic mass is 9.92. The molecule has 0 amide bonds. The number of ketones is 1. The summed E-state index contributed by atoms with van der Waals surface area (Å²) in [5.74, 6) is 0.330. The van der Waals surface area contributed by atoms with E-state index in [1.807, 2.05) is 12.1 Å². The minimum Gasteiger partial charge on any atom is -0.507 e. The molecular formula is C19H18O5. The molecule has 0 aliphatic carbocycles. The second-order valence-corrected chi connectivity index (χ2v) is 5.60. The zero-order chi connectivity index (χ0) is 17.3. The van der Waals surface area contributed by atoms with Crippen molar-refractivity contribution < 1.29 is 24.5 Å². The molecular weight excluding hydrogens is 308 g/mol. The fraction of sp³-hybridized carbons (Fsp3) is 0.211. The summed E-state index contributed by atoms with van der Waals surface area (Å²) in [6.45, 7) is 3.66. The summed E-state index contributed by atoms with van der Waals surface area (Å²) in [4.78, 5) is 12.5. The number of carbonyl (C=O) groups is 1. The molecule has 0 saturated heterocycles. The van der Waals surface area contributed by atoms with Gasteiger partial charge >= 0.3 is 0 Å². The maximum atomic E-state index is 12.5. The topological polar surface area (TPSA) is 76.0 Å². The predicted octanol–water partition coefficient (Wildman–Crippen LogP) is 3.54. The molecule has 0 spiro atoms. The highest BCUT2D eigenvalue weighted by Gasteiger charge is 2.33. The Hall–Kier alpha value is -2.95. The van der Waals surface area contributed by atoms with Crippen LogP contribution >= 0.6 is 0 Å². The first-order chi connectivity index (χ1) is 11.5. The van der Waals surface area contributed by atoms with Gasteiger partial charge in [-0.2, -0.15) is 0 Å². The number of carbonyl (C=O) groups excluding carboxylic acids is 1. The lowest BCUT2D eigenvalue weighted by Crippen LogP contribution is -2.21. The number of benzene rings is 2. The van der Waals surface area contributed by atoms with Gasteiger partial charge in [0, 0.05) is 11.6 Å². The van der Waals surface area contributed by atoms with Crippen molar-refractivity contribution in [2.24, 2.45) is 0 Å². The Balaban J connectivity index is 2.04. The Morgan fingerprint density at radius 3 is 2.62 bits per heavy atom. The van der Waals surface area contributed by atoms with Crippen molar-refractivity contribution in [3.63, 3.8) is 0 Å². The van der Waals surface area contributed by atoms with Crippen LogP contribution in [0.5, 0.6) is 23.0 Å². The molecule has 5 heteroatoms. The number of allylic oxidation sites excluding steroid dienone is 1. The van der Waals surface area contributed by atoms with Gasteiger partial charge in [-0.05, 0) is 24.1 Å². The van der Waals surface area contributed by atoms with Crippen molar-refractivity contribution in [1.82, 2.24) is 0 Å². The molecule has 2 aromatic carbocycles. The van der Waals surface area contributed by atoms with E-state index in [4.69, 9.17) is 9.47 Å². The molecule has 1 atom stereocenters. The summed E-state index contributed by atoms with van der Waals surface area (Å²) >= 11 is 0.